The quantitative estimate of drug-likeness (QED) is 0.534. The number of hydrogen-bond donors (Lipinski definition) is 2. The predicted octanol–water partition coefficient (Wildman–Crippen LogP) is 0.170. The Labute approximate surface area is 96.0 Å². The van der Waals surface area contributed by atoms with Crippen molar-refractivity contribution in [2.45, 2.75) is 20.0 Å². The molecule has 0 unspecified atom stereocenters. The van der Waals surface area contributed by atoms with Crippen molar-refractivity contribution in [1.29, 1.82) is 0 Å². The molecule has 4 nitrogen and oxygen atoms in total. The summed E-state index contributed by atoms with van der Waals surface area (Å²) in [5.74, 6) is 0.691. The summed E-state index contributed by atoms with van der Waals surface area (Å²) < 4.78 is 10.7. The van der Waals surface area contributed by atoms with Gasteiger partial charge in [-0.25, -0.2) is 0 Å². The number of ether oxygens (including phenoxy) is 2. The zero-order valence-corrected chi connectivity index (χ0v) is 9.59. The number of hydrogen-bond acceptors (Lipinski definition) is 4. The molecule has 0 bridgehead atoms. The van der Waals surface area contributed by atoms with Crippen LogP contribution in [0.15, 0.2) is 24.3 Å². The minimum absolute atomic E-state index is 0.204. The Morgan fingerprint density at radius 3 is 2.25 bits per heavy atom. The second kappa shape index (κ2) is 6.53. The molecule has 0 atom stereocenters. The Kier molecular flexibility index (Phi) is 5.32. The van der Waals surface area contributed by atoms with E-state index >= 15 is 0 Å². The monoisotopic (exact) mass is 224 g/mol. The van der Waals surface area contributed by atoms with Crippen molar-refractivity contribution >= 4 is 12.6 Å². The summed E-state index contributed by atoms with van der Waals surface area (Å²) in [7, 11) is -1.43. The van der Waals surface area contributed by atoms with Crippen molar-refractivity contribution in [1.82, 2.24) is 0 Å². The molecule has 0 saturated carbocycles. The van der Waals surface area contributed by atoms with Crippen LogP contribution >= 0.6 is 0 Å². The Morgan fingerprint density at radius 1 is 1.12 bits per heavy atom. The molecule has 0 heterocycles. The van der Waals surface area contributed by atoms with Crippen LogP contribution in [-0.2, 0) is 4.74 Å². The Hall–Kier alpha value is -1.04. The highest BCUT2D eigenvalue weighted by molar-refractivity contribution is 6.58. The molecule has 16 heavy (non-hydrogen) atoms. The van der Waals surface area contributed by atoms with Gasteiger partial charge in [0, 0.05) is 0 Å². The molecule has 0 spiro atoms. The summed E-state index contributed by atoms with van der Waals surface area (Å²) in [6, 6.07) is 6.63. The zero-order chi connectivity index (χ0) is 12.0. The second-order valence-corrected chi connectivity index (χ2v) is 3.71. The van der Waals surface area contributed by atoms with Crippen LogP contribution in [0.4, 0.5) is 0 Å². The maximum absolute atomic E-state index is 8.88. The van der Waals surface area contributed by atoms with Crippen LogP contribution in [-0.4, -0.2) is 36.5 Å². The van der Waals surface area contributed by atoms with Gasteiger partial charge >= 0.3 is 7.12 Å². The maximum atomic E-state index is 8.88. The van der Waals surface area contributed by atoms with E-state index in [4.69, 9.17) is 19.5 Å². The lowest BCUT2D eigenvalue weighted by Crippen LogP contribution is -2.29. The van der Waals surface area contributed by atoms with Crippen molar-refractivity contribution in [2.24, 2.45) is 0 Å². The van der Waals surface area contributed by atoms with Gasteiger partial charge in [-0.1, -0.05) is 12.1 Å². The second-order valence-electron chi connectivity index (χ2n) is 3.71. The fourth-order valence-electron chi connectivity index (χ4n) is 1.18. The first kappa shape index (κ1) is 13.0. The van der Waals surface area contributed by atoms with Crippen molar-refractivity contribution in [3.63, 3.8) is 0 Å². The molecule has 0 radical (unpaired) electrons. The lowest BCUT2D eigenvalue weighted by molar-refractivity contribution is 0.0553. The third-order valence-corrected chi connectivity index (χ3v) is 1.98. The highest BCUT2D eigenvalue weighted by atomic mass is 16.5. The Bertz CT molecular complexity index is 297. The molecular weight excluding hydrogens is 207 g/mol. The van der Waals surface area contributed by atoms with Gasteiger partial charge in [-0.3, -0.25) is 0 Å². The van der Waals surface area contributed by atoms with Crippen LogP contribution in [0.5, 0.6) is 5.75 Å². The van der Waals surface area contributed by atoms with Gasteiger partial charge < -0.3 is 19.5 Å². The van der Waals surface area contributed by atoms with Gasteiger partial charge in [0.1, 0.15) is 12.4 Å². The van der Waals surface area contributed by atoms with Gasteiger partial charge in [0.05, 0.1) is 12.7 Å². The molecule has 1 aromatic carbocycles. The average molecular weight is 224 g/mol. The van der Waals surface area contributed by atoms with Crippen LogP contribution in [0.25, 0.3) is 0 Å². The normalized spacial score (nSPS) is 10.6. The van der Waals surface area contributed by atoms with E-state index in [2.05, 4.69) is 0 Å². The fraction of sp³-hybridized carbons (Fsp3) is 0.455. The minimum Gasteiger partial charge on any atom is -0.491 e. The Balaban J connectivity index is 2.32. The van der Waals surface area contributed by atoms with Crippen LogP contribution < -0.4 is 10.2 Å². The van der Waals surface area contributed by atoms with E-state index in [9.17, 15) is 0 Å². The summed E-state index contributed by atoms with van der Waals surface area (Å²) in [5, 5.41) is 17.8. The smallest absolute Gasteiger partial charge is 0.488 e. The zero-order valence-electron chi connectivity index (χ0n) is 9.59. The highest BCUT2D eigenvalue weighted by Crippen LogP contribution is 2.07. The first-order valence-electron chi connectivity index (χ1n) is 5.30. The third-order valence-electron chi connectivity index (χ3n) is 1.98. The van der Waals surface area contributed by atoms with Crippen molar-refractivity contribution in [3.05, 3.63) is 24.3 Å². The Morgan fingerprint density at radius 2 is 1.75 bits per heavy atom. The molecule has 0 amide bonds. The van der Waals surface area contributed by atoms with E-state index < -0.39 is 7.12 Å². The number of rotatable bonds is 6. The molecule has 1 aromatic rings. The van der Waals surface area contributed by atoms with Crippen molar-refractivity contribution < 1.29 is 19.5 Å². The van der Waals surface area contributed by atoms with Crippen molar-refractivity contribution in [2.75, 3.05) is 13.2 Å². The van der Waals surface area contributed by atoms with E-state index in [1.807, 2.05) is 13.8 Å². The van der Waals surface area contributed by atoms with E-state index in [0.29, 0.717) is 24.4 Å². The largest absolute Gasteiger partial charge is 0.491 e. The molecule has 0 aliphatic heterocycles. The summed E-state index contributed by atoms with van der Waals surface area (Å²) in [5.41, 5.74) is 0.450. The van der Waals surface area contributed by atoms with Gasteiger partial charge in [0.15, 0.2) is 0 Å². The van der Waals surface area contributed by atoms with Gasteiger partial charge in [0.2, 0.25) is 0 Å². The maximum Gasteiger partial charge on any atom is 0.488 e. The lowest BCUT2D eigenvalue weighted by Gasteiger charge is -2.09. The van der Waals surface area contributed by atoms with Crippen LogP contribution in [0.1, 0.15) is 13.8 Å². The third kappa shape index (κ3) is 4.66. The van der Waals surface area contributed by atoms with Gasteiger partial charge in [-0.2, -0.15) is 0 Å². The van der Waals surface area contributed by atoms with Gasteiger partial charge in [0.25, 0.3) is 0 Å². The van der Waals surface area contributed by atoms with E-state index in [1.165, 1.54) is 0 Å². The average Bonchev–Trinajstić information content (AvgIpc) is 2.25. The molecule has 0 aromatic heterocycles. The molecule has 0 aliphatic carbocycles. The molecule has 5 heteroatoms. The van der Waals surface area contributed by atoms with E-state index in [0.717, 1.165) is 0 Å². The molecule has 1 rings (SSSR count). The van der Waals surface area contributed by atoms with Gasteiger partial charge in [-0.15, -0.1) is 0 Å². The molecule has 88 valence electrons. The van der Waals surface area contributed by atoms with E-state index in [-0.39, 0.29) is 6.10 Å². The lowest BCUT2D eigenvalue weighted by atomic mass is 9.80. The molecule has 0 fully saturated rings. The first-order valence-corrected chi connectivity index (χ1v) is 5.30. The summed E-state index contributed by atoms with van der Waals surface area (Å²) in [6.07, 6.45) is 0.204. The van der Waals surface area contributed by atoms with Gasteiger partial charge in [-0.05, 0) is 31.4 Å². The van der Waals surface area contributed by atoms with E-state index in [1.54, 1.807) is 24.3 Å². The minimum atomic E-state index is -1.43. The standard InChI is InChI=1S/C11H17BO4/c1-9(2)15-7-8-16-11-5-3-10(4-6-11)12(13)14/h3-6,9,13-14H,7-8H2,1-2H3. The SMILES string of the molecule is CC(C)OCCOc1ccc(B(O)O)cc1. The summed E-state index contributed by atoms with van der Waals surface area (Å²) in [6.45, 7) is 4.97. The summed E-state index contributed by atoms with van der Waals surface area (Å²) in [4.78, 5) is 0. The molecule has 0 saturated heterocycles. The first-order chi connectivity index (χ1) is 7.59. The predicted molar refractivity (Wildman–Crippen MR) is 62.9 cm³/mol. The van der Waals surface area contributed by atoms with Crippen LogP contribution in [0.2, 0.25) is 0 Å². The number of benzene rings is 1. The molecular formula is C11H17BO4. The fourth-order valence-corrected chi connectivity index (χ4v) is 1.18. The topological polar surface area (TPSA) is 58.9 Å². The highest BCUT2D eigenvalue weighted by Gasteiger charge is 2.09. The molecule has 2 N–H and O–H groups in total. The summed E-state index contributed by atoms with van der Waals surface area (Å²) >= 11 is 0. The van der Waals surface area contributed by atoms with Crippen molar-refractivity contribution in [3.8, 4) is 5.75 Å². The van der Waals surface area contributed by atoms with Crippen LogP contribution in [0, 0.1) is 0 Å². The van der Waals surface area contributed by atoms with Crippen LogP contribution in [0.3, 0.4) is 0 Å². The molecule has 0 aliphatic rings.